The number of aryl methyl sites for hydroxylation is 1. The molecule has 4 atom stereocenters. The highest BCUT2D eigenvalue weighted by atomic mass is 15.5. The van der Waals surface area contributed by atoms with E-state index < -0.39 is 0 Å². The van der Waals surface area contributed by atoms with Gasteiger partial charge in [0, 0.05) is 40.4 Å². The molecule has 11 rings (SSSR count). The van der Waals surface area contributed by atoms with Crippen molar-refractivity contribution in [2.45, 2.75) is 38.5 Å². The van der Waals surface area contributed by atoms with Crippen LogP contribution in [-0.2, 0) is 5.41 Å². The van der Waals surface area contributed by atoms with E-state index in [1.807, 2.05) is 6.20 Å². The molecular weight excluding hydrogens is 613 g/mol. The molecule has 0 amide bonds. The van der Waals surface area contributed by atoms with E-state index >= 15 is 0 Å². The van der Waals surface area contributed by atoms with Crippen molar-refractivity contribution >= 4 is 45.5 Å². The summed E-state index contributed by atoms with van der Waals surface area (Å²) in [6.07, 6.45) is 1.99. The molecular formula is C44H36N6. The Bertz CT molecular complexity index is 2450. The Morgan fingerprint density at radius 1 is 0.600 bits per heavy atom. The van der Waals surface area contributed by atoms with Crippen molar-refractivity contribution in [1.29, 1.82) is 0 Å². The lowest BCUT2D eigenvalue weighted by molar-refractivity contribution is 0.153. The zero-order valence-electron chi connectivity index (χ0n) is 28.5. The fourth-order valence-corrected chi connectivity index (χ4v) is 10.3. The largest absolute Gasteiger partial charge is 0.333 e. The fraction of sp³-hybridized carbons (Fsp3) is 0.182. The van der Waals surface area contributed by atoms with Crippen molar-refractivity contribution < 1.29 is 0 Å². The number of aromatic nitrogens is 2. The fourth-order valence-electron chi connectivity index (χ4n) is 10.3. The van der Waals surface area contributed by atoms with Gasteiger partial charge in [0.1, 0.15) is 18.0 Å². The van der Waals surface area contributed by atoms with Crippen LogP contribution in [-0.4, -0.2) is 29.3 Å². The summed E-state index contributed by atoms with van der Waals surface area (Å²) >= 11 is 0. The molecule has 0 saturated carbocycles. The molecule has 0 fully saturated rings. The smallest absolute Gasteiger partial charge is 0.161 e. The van der Waals surface area contributed by atoms with Gasteiger partial charge < -0.3 is 19.6 Å². The molecule has 6 nitrogen and oxygen atoms in total. The predicted octanol–water partition coefficient (Wildman–Crippen LogP) is 9.74. The molecule has 5 aromatic carbocycles. The van der Waals surface area contributed by atoms with E-state index in [9.17, 15) is 0 Å². The van der Waals surface area contributed by atoms with Crippen LogP contribution in [0.1, 0.15) is 30.5 Å². The lowest BCUT2D eigenvalue weighted by Crippen LogP contribution is -2.72. The van der Waals surface area contributed by atoms with Crippen molar-refractivity contribution in [2.24, 2.45) is 5.41 Å². The van der Waals surface area contributed by atoms with Crippen LogP contribution in [0.25, 0.3) is 17.0 Å². The van der Waals surface area contributed by atoms with Crippen LogP contribution < -0.4 is 19.6 Å². The Hall–Kier alpha value is -5.88. The molecule has 0 N–H and O–H groups in total. The molecule has 4 unspecified atom stereocenters. The van der Waals surface area contributed by atoms with Crippen LogP contribution >= 0.6 is 0 Å². The highest BCUT2D eigenvalue weighted by Crippen LogP contribution is 2.77. The quantitative estimate of drug-likeness (QED) is 0.186. The normalized spacial score (nSPS) is 24.7. The first-order valence-corrected chi connectivity index (χ1v) is 17.6. The minimum Gasteiger partial charge on any atom is -0.333 e. The molecule has 6 heteroatoms. The number of allylic oxidation sites excluding steroid dienone is 1. The maximum atomic E-state index is 5.32. The lowest BCUT2D eigenvalue weighted by atomic mass is 9.40. The van der Waals surface area contributed by atoms with E-state index in [0.29, 0.717) is 0 Å². The maximum Gasteiger partial charge on any atom is 0.161 e. The van der Waals surface area contributed by atoms with Crippen LogP contribution in [0.3, 0.4) is 0 Å². The summed E-state index contributed by atoms with van der Waals surface area (Å²) in [7, 11) is 2.22. The van der Waals surface area contributed by atoms with Crippen LogP contribution in [0.4, 0.5) is 39.9 Å². The van der Waals surface area contributed by atoms with Crippen molar-refractivity contribution in [2.75, 3.05) is 26.6 Å². The molecule has 5 heterocycles. The predicted molar refractivity (Wildman–Crippen MR) is 203 cm³/mol. The molecule has 50 heavy (non-hydrogen) atoms. The average molecular weight is 649 g/mol. The summed E-state index contributed by atoms with van der Waals surface area (Å²) < 4.78 is 0. The van der Waals surface area contributed by atoms with Gasteiger partial charge in [0.15, 0.2) is 11.6 Å². The first-order valence-electron chi connectivity index (χ1n) is 17.6. The number of benzene rings is 5. The van der Waals surface area contributed by atoms with Crippen LogP contribution in [0, 0.1) is 12.3 Å². The van der Waals surface area contributed by atoms with Gasteiger partial charge in [-0.3, -0.25) is 0 Å². The minimum absolute atomic E-state index is 0.00112. The zero-order valence-corrected chi connectivity index (χ0v) is 28.5. The first-order chi connectivity index (χ1) is 24.4. The molecule has 5 aliphatic rings. The van der Waals surface area contributed by atoms with E-state index in [0.717, 1.165) is 22.9 Å². The topological polar surface area (TPSA) is 38.7 Å². The van der Waals surface area contributed by atoms with Crippen molar-refractivity contribution in [3.8, 4) is 11.4 Å². The number of hydrogen-bond acceptors (Lipinski definition) is 6. The number of nitrogens with zero attached hydrogens (tertiary/aromatic N) is 6. The third-order valence-electron chi connectivity index (χ3n) is 12.5. The average Bonchev–Trinajstić information content (AvgIpc) is 3.66. The van der Waals surface area contributed by atoms with Crippen LogP contribution in [0.15, 0.2) is 139 Å². The van der Waals surface area contributed by atoms with Gasteiger partial charge in [-0.2, -0.15) is 0 Å². The molecule has 0 radical (unpaired) electrons. The number of likely N-dealkylation sites (N-methyl/N-ethyl adjacent to an activating group) is 1. The van der Waals surface area contributed by atoms with Gasteiger partial charge in [-0.15, -0.1) is 0 Å². The van der Waals surface area contributed by atoms with Crippen LogP contribution in [0.5, 0.6) is 0 Å². The highest BCUT2D eigenvalue weighted by molar-refractivity contribution is 6.05. The number of anilines is 7. The second kappa shape index (κ2) is 9.42. The SMILES string of the molecule is Cc1ccccc1-c1ncc2c(n1)N(C)C1C3=C(c4ccccc4N21)C1(C)c2ccccc2N2c4ccccc4N(c4ccccc4)C2C31C. The maximum absolute atomic E-state index is 5.32. The van der Waals surface area contributed by atoms with Gasteiger partial charge >= 0.3 is 0 Å². The number of rotatable bonds is 2. The molecule has 0 spiro atoms. The number of hydrogen-bond donors (Lipinski definition) is 0. The summed E-state index contributed by atoms with van der Waals surface area (Å²) in [6, 6.07) is 46.4. The Morgan fingerprint density at radius 3 is 1.98 bits per heavy atom. The van der Waals surface area contributed by atoms with Crippen LogP contribution in [0.2, 0.25) is 0 Å². The molecule has 1 aromatic heterocycles. The second-order valence-electron chi connectivity index (χ2n) is 14.7. The third-order valence-corrected chi connectivity index (χ3v) is 12.5. The molecule has 6 aromatic rings. The standard InChI is InChI=1S/C44H36N6/c1-27-16-8-9-19-29(27)39-45-26-36-40(46-39)47(4)41-38-37(30-20-10-12-22-32(30)49(36)41)43(2)31-21-11-13-23-33(31)50-35-25-15-14-24-34(35)48(42(50)44(38,43)3)28-17-6-5-7-18-28/h5-26,41-42H,1-4H3. The zero-order chi connectivity index (χ0) is 33.5. The molecule has 0 saturated heterocycles. The van der Waals surface area contributed by atoms with E-state index in [2.05, 4.69) is 175 Å². The monoisotopic (exact) mass is 648 g/mol. The Balaban J connectivity index is 1.19. The van der Waals surface area contributed by atoms with E-state index in [-0.39, 0.29) is 23.2 Å². The van der Waals surface area contributed by atoms with Gasteiger partial charge in [-0.05, 0) is 65.6 Å². The second-order valence-corrected chi connectivity index (χ2v) is 14.7. The van der Waals surface area contributed by atoms with E-state index in [1.54, 1.807) is 0 Å². The van der Waals surface area contributed by atoms with Crippen molar-refractivity contribution in [3.63, 3.8) is 0 Å². The summed E-state index contributed by atoms with van der Waals surface area (Å²) in [6.45, 7) is 7.18. The van der Waals surface area contributed by atoms with Gasteiger partial charge in [0.05, 0.1) is 23.3 Å². The summed E-state index contributed by atoms with van der Waals surface area (Å²) in [5.41, 5.74) is 14.5. The molecule has 1 aliphatic carbocycles. The van der Waals surface area contributed by atoms with Gasteiger partial charge in [-0.1, -0.05) is 105 Å². The first kappa shape index (κ1) is 28.0. The number of fused-ring (bicyclic) bond motifs is 17. The minimum atomic E-state index is -0.315. The van der Waals surface area contributed by atoms with E-state index in [4.69, 9.17) is 9.97 Å². The summed E-state index contributed by atoms with van der Waals surface area (Å²) in [5.74, 6) is 1.73. The van der Waals surface area contributed by atoms with E-state index in [1.165, 1.54) is 56.3 Å². The van der Waals surface area contributed by atoms with Crippen molar-refractivity contribution in [3.05, 3.63) is 156 Å². The lowest BCUT2D eigenvalue weighted by Gasteiger charge is -2.70. The van der Waals surface area contributed by atoms with Gasteiger partial charge in [0.25, 0.3) is 0 Å². The van der Waals surface area contributed by atoms with Crippen molar-refractivity contribution in [1.82, 2.24) is 9.97 Å². The summed E-state index contributed by atoms with van der Waals surface area (Å²) in [4.78, 5) is 20.5. The molecule has 4 aliphatic heterocycles. The van der Waals surface area contributed by atoms with Gasteiger partial charge in [-0.25, -0.2) is 9.97 Å². The number of para-hydroxylation sites is 5. The highest BCUT2D eigenvalue weighted by Gasteiger charge is 2.74. The molecule has 0 bridgehead atoms. The van der Waals surface area contributed by atoms with Gasteiger partial charge in [0.2, 0.25) is 0 Å². The third kappa shape index (κ3) is 3.08. The Labute approximate surface area is 292 Å². The Kier molecular flexibility index (Phi) is 5.28. The molecule has 242 valence electrons. The Morgan fingerprint density at radius 2 is 1.22 bits per heavy atom. The summed E-state index contributed by atoms with van der Waals surface area (Å²) in [5, 5.41) is 0.